The summed E-state index contributed by atoms with van der Waals surface area (Å²) >= 11 is 1.54. The van der Waals surface area contributed by atoms with Gasteiger partial charge in [0.05, 0.1) is 0 Å². The Morgan fingerprint density at radius 2 is 2.05 bits per heavy atom. The summed E-state index contributed by atoms with van der Waals surface area (Å²) in [6.07, 6.45) is 1.29. The Hall–Kier alpha value is -1.64. The van der Waals surface area contributed by atoms with Crippen LogP contribution in [0.1, 0.15) is 25.8 Å². The van der Waals surface area contributed by atoms with Crippen LogP contribution in [0.2, 0.25) is 0 Å². The summed E-state index contributed by atoms with van der Waals surface area (Å²) in [7, 11) is -2.23. The molecule has 0 spiro atoms. The molecule has 114 valence electrons. The van der Waals surface area contributed by atoms with Gasteiger partial charge in [-0.1, -0.05) is 0 Å². The molecule has 0 aliphatic carbocycles. The van der Waals surface area contributed by atoms with Crippen LogP contribution in [-0.4, -0.2) is 24.1 Å². The number of thiophene rings is 1. The highest BCUT2D eigenvalue weighted by molar-refractivity contribution is 7.89. The van der Waals surface area contributed by atoms with E-state index in [-0.39, 0.29) is 17.1 Å². The molecule has 21 heavy (non-hydrogen) atoms. The van der Waals surface area contributed by atoms with E-state index in [0.29, 0.717) is 0 Å². The number of carbonyl (C=O) groups is 1. The molecule has 8 heteroatoms. The van der Waals surface area contributed by atoms with Crippen molar-refractivity contribution in [1.82, 2.24) is 9.29 Å². The molecule has 2 aromatic heterocycles. The van der Waals surface area contributed by atoms with Crippen LogP contribution < -0.4 is 4.72 Å². The maximum atomic E-state index is 12.2. The molecule has 0 saturated carbocycles. The summed E-state index contributed by atoms with van der Waals surface area (Å²) in [6.45, 7) is 4.15. The molecule has 2 heterocycles. The maximum Gasteiger partial charge on any atom is 0.352 e. The van der Waals surface area contributed by atoms with Gasteiger partial charge in [-0.15, -0.1) is 11.3 Å². The number of nitrogens with one attached hydrogen (secondary N) is 1. The lowest BCUT2D eigenvalue weighted by Gasteiger charge is -2.02. The number of sulfonamides is 1. The summed E-state index contributed by atoms with van der Waals surface area (Å²) < 4.78 is 28.1. The van der Waals surface area contributed by atoms with E-state index in [0.717, 1.165) is 21.4 Å². The third-order valence-corrected chi connectivity index (χ3v) is 5.68. The molecule has 0 amide bonds. The van der Waals surface area contributed by atoms with Gasteiger partial charge in [-0.25, -0.2) is 17.9 Å². The average molecular weight is 328 g/mol. The lowest BCUT2D eigenvalue weighted by atomic mass is 10.3. The molecule has 0 atom stereocenters. The molecule has 0 aromatic carbocycles. The fourth-order valence-electron chi connectivity index (χ4n) is 1.88. The van der Waals surface area contributed by atoms with Crippen molar-refractivity contribution >= 4 is 27.3 Å². The fraction of sp³-hybridized carbons (Fsp3) is 0.308. The number of hydrogen-bond donors (Lipinski definition) is 2. The van der Waals surface area contributed by atoms with E-state index < -0.39 is 16.0 Å². The zero-order chi connectivity index (χ0) is 15.8. The zero-order valence-corrected chi connectivity index (χ0v) is 13.5. The van der Waals surface area contributed by atoms with Crippen molar-refractivity contribution in [2.45, 2.75) is 25.3 Å². The van der Waals surface area contributed by atoms with Gasteiger partial charge in [0, 0.05) is 29.5 Å². The van der Waals surface area contributed by atoms with Gasteiger partial charge in [-0.05, 0) is 31.5 Å². The normalized spacial score (nSPS) is 11.8. The Morgan fingerprint density at radius 3 is 2.52 bits per heavy atom. The zero-order valence-electron chi connectivity index (χ0n) is 11.9. The minimum absolute atomic E-state index is 0.0487. The SMILES string of the molecule is Cc1cc(CNS(=O)(=O)c2cc(C(=O)O)n(C)c2)sc1C. The second kappa shape index (κ2) is 5.63. The van der Waals surface area contributed by atoms with Crippen LogP contribution >= 0.6 is 11.3 Å². The number of carboxylic acids is 1. The number of rotatable bonds is 5. The smallest absolute Gasteiger partial charge is 0.352 e. The molecule has 0 unspecified atom stereocenters. The van der Waals surface area contributed by atoms with Crippen molar-refractivity contribution in [3.8, 4) is 0 Å². The van der Waals surface area contributed by atoms with E-state index in [1.807, 2.05) is 19.9 Å². The average Bonchev–Trinajstić information content (AvgIpc) is 2.92. The van der Waals surface area contributed by atoms with E-state index >= 15 is 0 Å². The van der Waals surface area contributed by atoms with E-state index in [9.17, 15) is 13.2 Å². The second-order valence-electron chi connectivity index (χ2n) is 4.75. The van der Waals surface area contributed by atoms with Crippen LogP contribution in [0, 0.1) is 13.8 Å². The molecule has 6 nitrogen and oxygen atoms in total. The van der Waals surface area contributed by atoms with Crippen LogP contribution in [0.5, 0.6) is 0 Å². The molecule has 0 aliphatic heterocycles. The number of hydrogen-bond acceptors (Lipinski definition) is 4. The molecule has 0 radical (unpaired) electrons. The van der Waals surface area contributed by atoms with Crippen LogP contribution in [0.3, 0.4) is 0 Å². The predicted molar refractivity (Wildman–Crippen MR) is 80.2 cm³/mol. The fourth-order valence-corrected chi connectivity index (χ4v) is 4.04. The van der Waals surface area contributed by atoms with Gasteiger partial charge in [-0.3, -0.25) is 0 Å². The van der Waals surface area contributed by atoms with Gasteiger partial charge >= 0.3 is 5.97 Å². The van der Waals surface area contributed by atoms with Gasteiger partial charge in [0.25, 0.3) is 0 Å². The highest BCUT2D eigenvalue weighted by Crippen LogP contribution is 2.21. The van der Waals surface area contributed by atoms with Crippen LogP contribution in [0.4, 0.5) is 0 Å². The Morgan fingerprint density at radius 1 is 1.38 bits per heavy atom. The van der Waals surface area contributed by atoms with Gasteiger partial charge in [0.15, 0.2) is 0 Å². The van der Waals surface area contributed by atoms with E-state index in [1.165, 1.54) is 29.1 Å². The molecule has 0 fully saturated rings. The molecule has 2 aromatic rings. The highest BCUT2D eigenvalue weighted by atomic mass is 32.2. The number of aryl methyl sites for hydroxylation is 3. The first-order valence-electron chi connectivity index (χ1n) is 6.16. The third kappa shape index (κ3) is 3.34. The third-order valence-electron chi connectivity index (χ3n) is 3.16. The number of aromatic nitrogens is 1. The van der Waals surface area contributed by atoms with Crippen molar-refractivity contribution in [3.05, 3.63) is 39.3 Å². The van der Waals surface area contributed by atoms with Crippen molar-refractivity contribution in [2.24, 2.45) is 7.05 Å². The lowest BCUT2D eigenvalue weighted by Crippen LogP contribution is -2.22. The number of aromatic carboxylic acids is 1. The maximum absolute atomic E-state index is 12.2. The Kier molecular flexibility index (Phi) is 4.22. The van der Waals surface area contributed by atoms with Crippen molar-refractivity contribution in [1.29, 1.82) is 0 Å². The van der Waals surface area contributed by atoms with Gasteiger partial charge < -0.3 is 9.67 Å². The van der Waals surface area contributed by atoms with Crippen molar-refractivity contribution < 1.29 is 18.3 Å². The van der Waals surface area contributed by atoms with Gasteiger partial charge in [-0.2, -0.15) is 0 Å². The van der Waals surface area contributed by atoms with Gasteiger partial charge in [0.2, 0.25) is 10.0 Å². The minimum atomic E-state index is -3.72. The molecule has 2 N–H and O–H groups in total. The van der Waals surface area contributed by atoms with Crippen molar-refractivity contribution in [2.75, 3.05) is 0 Å². The minimum Gasteiger partial charge on any atom is -0.477 e. The van der Waals surface area contributed by atoms with E-state index in [2.05, 4.69) is 4.72 Å². The Bertz CT molecular complexity index is 768. The van der Waals surface area contributed by atoms with E-state index in [4.69, 9.17) is 5.11 Å². The van der Waals surface area contributed by atoms with Gasteiger partial charge in [0.1, 0.15) is 10.6 Å². The Balaban J connectivity index is 2.18. The molecular formula is C13H16N2O4S2. The largest absolute Gasteiger partial charge is 0.477 e. The first kappa shape index (κ1) is 15.7. The molecular weight excluding hydrogens is 312 g/mol. The monoisotopic (exact) mass is 328 g/mol. The van der Waals surface area contributed by atoms with Crippen LogP contribution in [0.25, 0.3) is 0 Å². The summed E-state index contributed by atoms with van der Waals surface area (Å²) in [5.41, 5.74) is 1.06. The molecule has 0 bridgehead atoms. The molecule has 2 rings (SSSR count). The standard InChI is InChI=1S/C13H16N2O4S2/c1-8-4-10(20-9(8)2)6-14-21(18,19)11-5-12(13(16)17)15(3)7-11/h4-5,7,14H,6H2,1-3H3,(H,16,17). The second-order valence-corrected chi connectivity index (χ2v) is 7.86. The van der Waals surface area contributed by atoms with Crippen LogP contribution in [0.15, 0.2) is 23.2 Å². The molecule has 0 aliphatic rings. The van der Waals surface area contributed by atoms with Crippen LogP contribution in [-0.2, 0) is 23.6 Å². The topological polar surface area (TPSA) is 88.4 Å². The number of nitrogens with zero attached hydrogens (tertiary/aromatic N) is 1. The first-order chi connectivity index (χ1) is 9.70. The summed E-state index contributed by atoms with van der Waals surface area (Å²) in [6, 6.07) is 3.09. The van der Waals surface area contributed by atoms with Crippen molar-refractivity contribution in [3.63, 3.8) is 0 Å². The number of carboxylic acid groups (broad SMARTS) is 1. The first-order valence-corrected chi connectivity index (χ1v) is 8.46. The van der Waals surface area contributed by atoms with E-state index in [1.54, 1.807) is 0 Å². The summed E-state index contributed by atoms with van der Waals surface area (Å²) in [4.78, 5) is 13.0. The predicted octanol–water partition coefficient (Wildman–Crippen LogP) is 1.88. The molecule has 0 saturated heterocycles. The Labute approximate surface area is 127 Å². The summed E-state index contributed by atoms with van der Waals surface area (Å²) in [5, 5.41) is 8.95. The summed E-state index contributed by atoms with van der Waals surface area (Å²) in [5.74, 6) is -1.16. The quantitative estimate of drug-likeness (QED) is 0.877. The highest BCUT2D eigenvalue weighted by Gasteiger charge is 2.20. The lowest BCUT2D eigenvalue weighted by molar-refractivity contribution is 0.0686.